The predicted octanol–water partition coefficient (Wildman–Crippen LogP) is 5.05. The van der Waals surface area contributed by atoms with E-state index in [-0.39, 0.29) is 12.2 Å². The van der Waals surface area contributed by atoms with Gasteiger partial charge < -0.3 is 10.0 Å². The first-order chi connectivity index (χ1) is 15.3. The number of Topliss-reactive ketones (excluding diaryl/α,β-unsaturated/α-hetero) is 1. The SMILES string of the molecule is Cc1cc(C)c(C(=O)C[C@]2(O)C(=O)N(CCCc3ccccc3)c3ccccc32)c(C)c1. The quantitative estimate of drug-likeness (QED) is 0.537. The van der Waals surface area contributed by atoms with E-state index >= 15 is 0 Å². The lowest BCUT2D eigenvalue weighted by molar-refractivity contribution is -0.135. The van der Waals surface area contributed by atoms with E-state index in [9.17, 15) is 14.7 Å². The van der Waals surface area contributed by atoms with Crippen LogP contribution in [0.25, 0.3) is 0 Å². The number of hydrogen-bond acceptors (Lipinski definition) is 3. The first-order valence-corrected chi connectivity index (χ1v) is 11.1. The smallest absolute Gasteiger partial charge is 0.264 e. The Hall–Kier alpha value is -3.24. The van der Waals surface area contributed by atoms with Gasteiger partial charge in [-0.25, -0.2) is 0 Å². The molecule has 3 aromatic rings. The van der Waals surface area contributed by atoms with Crippen molar-refractivity contribution in [2.45, 2.75) is 45.6 Å². The molecule has 0 aromatic heterocycles. The molecule has 4 rings (SSSR count). The van der Waals surface area contributed by atoms with Crippen LogP contribution in [0.15, 0.2) is 66.7 Å². The van der Waals surface area contributed by atoms with E-state index in [4.69, 9.17) is 0 Å². The van der Waals surface area contributed by atoms with E-state index in [1.54, 1.807) is 17.0 Å². The van der Waals surface area contributed by atoms with Gasteiger partial charge in [0.1, 0.15) is 0 Å². The number of benzene rings is 3. The van der Waals surface area contributed by atoms with E-state index in [0.717, 1.165) is 29.5 Å². The lowest BCUT2D eigenvalue weighted by atomic mass is 9.85. The number of amides is 1. The number of ketones is 1. The van der Waals surface area contributed by atoms with Gasteiger partial charge in [-0.05, 0) is 56.4 Å². The van der Waals surface area contributed by atoms with Crippen LogP contribution in [-0.4, -0.2) is 23.3 Å². The van der Waals surface area contributed by atoms with Gasteiger partial charge in [-0.2, -0.15) is 0 Å². The van der Waals surface area contributed by atoms with Crippen molar-refractivity contribution < 1.29 is 14.7 Å². The number of aliphatic hydroxyl groups is 1. The molecule has 1 N–H and O–H groups in total. The molecule has 1 amide bonds. The Morgan fingerprint density at radius 2 is 1.56 bits per heavy atom. The molecule has 0 saturated heterocycles. The van der Waals surface area contributed by atoms with Crippen molar-refractivity contribution >= 4 is 17.4 Å². The van der Waals surface area contributed by atoms with Crippen molar-refractivity contribution in [3.63, 3.8) is 0 Å². The van der Waals surface area contributed by atoms with Crippen LogP contribution in [0.1, 0.15) is 51.0 Å². The van der Waals surface area contributed by atoms with Crippen LogP contribution < -0.4 is 4.90 Å². The largest absolute Gasteiger partial charge is 0.375 e. The minimum atomic E-state index is -1.84. The summed E-state index contributed by atoms with van der Waals surface area (Å²) in [5.41, 5.74) is 3.99. The van der Waals surface area contributed by atoms with Crippen LogP contribution in [0.5, 0.6) is 0 Å². The second-order valence-electron chi connectivity index (χ2n) is 8.80. The Balaban J connectivity index is 1.58. The summed E-state index contributed by atoms with van der Waals surface area (Å²) in [6, 6.07) is 21.3. The maximum Gasteiger partial charge on any atom is 0.264 e. The molecule has 0 bridgehead atoms. The minimum absolute atomic E-state index is 0.211. The maximum absolute atomic E-state index is 13.4. The summed E-state index contributed by atoms with van der Waals surface area (Å²) in [7, 11) is 0. The standard InChI is InChI=1S/C28H29NO3/c1-19-16-20(2)26(21(3)17-19)25(30)18-28(32)23-13-7-8-14-24(23)29(27(28)31)15-9-12-22-10-5-4-6-11-22/h4-8,10-11,13-14,16-17,32H,9,12,15,18H2,1-3H3/t28-/m1/s1. The monoisotopic (exact) mass is 427 g/mol. The Morgan fingerprint density at radius 3 is 2.25 bits per heavy atom. The lowest BCUT2D eigenvalue weighted by Gasteiger charge is -2.23. The molecule has 0 fully saturated rings. The van der Waals surface area contributed by atoms with Gasteiger partial charge in [-0.3, -0.25) is 9.59 Å². The summed E-state index contributed by atoms with van der Waals surface area (Å²) >= 11 is 0. The van der Waals surface area contributed by atoms with E-state index in [1.165, 1.54) is 5.56 Å². The second-order valence-corrected chi connectivity index (χ2v) is 8.80. The molecule has 0 saturated carbocycles. The van der Waals surface area contributed by atoms with Crippen LogP contribution in [0.4, 0.5) is 5.69 Å². The second kappa shape index (κ2) is 8.71. The molecule has 3 aromatic carbocycles. The fraction of sp³-hybridized carbons (Fsp3) is 0.286. The zero-order valence-electron chi connectivity index (χ0n) is 18.9. The van der Waals surface area contributed by atoms with Gasteiger partial charge in [0.05, 0.1) is 12.1 Å². The Bertz CT molecular complexity index is 1150. The van der Waals surface area contributed by atoms with Crippen molar-refractivity contribution in [2.75, 3.05) is 11.4 Å². The number of fused-ring (bicyclic) bond motifs is 1. The molecular formula is C28H29NO3. The van der Waals surface area contributed by atoms with Crippen molar-refractivity contribution in [3.8, 4) is 0 Å². The zero-order valence-corrected chi connectivity index (χ0v) is 18.9. The minimum Gasteiger partial charge on any atom is -0.375 e. The highest BCUT2D eigenvalue weighted by Gasteiger charge is 2.50. The molecule has 1 aliphatic heterocycles. The van der Waals surface area contributed by atoms with Gasteiger partial charge in [-0.15, -0.1) is 0 Å². The molecule has 1 aliphatic rings. The summed E-state index contributed by atoms with van der Waals surface area (Å²) < 4.78 is 0. The van der Waals surface area contributed by atoms with E-state index < -0.39 is 11.5 Å². The molecule has 1 heterocycles. The molecule has 4 heteroatoms. The normalized spacial score (nSPS) is 17.5. The maximum atomic E-state index is 13.4. The van der Waals surface area contributed by atoms with Gasteiger partial charge in [0.15, 0.2) is 11.4 Å². The van der Waals surface area contributed by atoms with Crippen LogP contribution in [-0.2, 0) is 16.8 Å². The van der Waals surface area contributed by atoms with Gasteiger partial charge in [0.25, 0.3) is 5.91 Å². The third-order valence-corrected chi connectivity index (χ3v) is 6.30. The van der Waals surface area contributed by atoms with Gasteiger partial charge in [0.2, 0.25) is 0 Å². The highest BCUT2D eigenvalue weighted by Crippen LogP contribution is 2.43. The number of hydrogen-bond donors (Lipinski definition) is 1. The van der Waals surface area contributed by atoms with Crippen LogP contribution in [0.3, 0.4) is 0 Å². The molecule has 1 atom stereocenters. The molecule has 0 aliphatic carbocycles. The molecule has 4 nitrogen and oxygen atoms in total. The van der Waals surface area contributed by atoms with Crippen LogP contribution in [0, 0.1) is 20.8 Å². The number of anilines is 1. The molecule has 0 unspecified atom stereocenters. The number of para-hydroxylation sites is 1. The lowest BCUT2D eigenvalue weighted by Crippen LogP contribution is -2.42. The number of aryl methyl sites for hydroxylation is 4. The van der Waals surface area contributed by atoms with E-state index in [0.29, 0.717) is 23.4 Å². The Morgan fingerprint density at radius 1 is 0.938 bits per heavy atom. The third kappa shape index (κ3) is 3.98. The van der Waals surface area contributed by atoms with Gasteiger partial charge in [0, 0.05) is 17.7 Å². The topological polar surface area (TPSA) is 57.6 Å². The number of carbonyl (C=O) groups excluding carboxylic acids is 2. The van der Waals surface area contributed by atoms with Crippen molar-refractivity contribution in [3.05, 3.63) is 100 Å². The first-order valence-electron chi connectivity index (χ1n) is 11.1. The third-order valence-electron chi connectivity index (χ3n) is 6.30. The van der Waals surface area contributed by atoms with Crippen LogP contribution in [0.2, 0.25) is 0 Å². The van der Waals surface area contributed by atoms with Gasteiger partial charge in [-0.1, -0.05) is 66.2 Å². The van der Waals surface area contributed by atoms with Crippen molar-refractivity contribution in [1.29, 1.82) is 0 Å². The van der Waals surface area contributed by atoms with Crippen LogP contribution >= 0.6 is 0 Å². The average Bonchev–Trinajstić information content (AvgIpc) is 2.95. The molecular weight excluding hydrogens is 398 g/mol. The summed E-state index contributed by atoms with van der Waals surface area (Å²) in [5.74, 6) is -0.626. The molecule has 0 radical (unpaired) electrons. The summed E-state index contributed by atoms with van der Waals surface area (Å²) in [6.07, 6.45) is 1.35. The summed E-state index contributed by atoms with van der Waals surface area (Å²) in [6.45, 7) is 6.28. The van der Waals surface area contributed by atoms with E-state index in [2.05, 4.69) is 12.1 Å². The zero-order chi connectivity index (χ0) is 22.9. The molecule has 164 valence electrons. The Labute approximate surface area is 189 Å². The summed E-state index contributed by atoms with van der Waals surface area (Å²) in [4.78, 5) is 28.4. The first kappa shape index (κ1) is 22.0. The fourth-order valence-corrected chi connectivity index (χ4v) is 4.93. The highest BCUT2D eigenvalue weighted by molar-refractivity contribution is 6.11. The Kier molecular flexibility index (Phi) is 5.98. The highest BCUT2D eigenvalue weighted by atomic mass is 16.3. The van der Waals surface area contributed by atoms with E-state index in [1.807, 2.05) is 63.2 Å². The average molecular weight is 428 g/mol. The molecule has 0 spiro atoms. The molecule has 32 heavy (non-hydrogen) atoms. The number of carbonyl (C=O) groups is 2. The predicted molar refractivity (Wildman–Crippen MR) is 127 cm³/mol. The van der Waals surface area contributed by atoms with Crippen molar-refractivity contribution in [2.24, 2.45) is 0 Å². The number of rotatable bonds is 7. The van der Waals surface area contributed by atoms with Crippen molar-refractivity contribution in [1.82, 2.24) is 0 Å². The summed E-state index contributed by atoms with van der Waals surface area (Å²) in [5, 5.41) is 11.6. The van der Waals surface area contributed by atoms with Gasteiger partial charge >= 0.3 is 0 Å². The number of nitrogens with zero attached hydrogens (tertiary/aromatic N) is 1. The fourth-order valence-electron chi connectivity index (χ4n) is 4.93.